The first-order chi connectivity index (χ1) is 10.7. The van der Waals surface area contributed by atoms with Crippen molar-refractivity contribution in [2.24, 2.45) is 0 Å². The monoisotopic (exact) mass is 341 g/mol. The predicted molar refractivity (Wildman–Crippen MR) is 93.5 cm³/mol. The second kappa shape index (κ2) is 6.87. The van der Waals surface area contributed by atoms with E-state index in [1.165, 1.54) is 4.90 Å². The molecule has 0 aliphatic heterocycles. The number of hydrogen-bond acceptors (Lipinski definition) is 1. The van der Waals surface area contributed by atoms with E-state index < -0.39 is 21.8 Å². The van der Waals surface area contributed by atoms with Crippen molar-refractivity contribution in [3.63, 3.8) is 0 Å². The highest BCUT2D eigenvalue weighted by molar-refractivity contribution is 8.32. The van der Waals surface area contributed by atoms with E-state index in [1.54, 1.807) is 12.1 Å². The second-order valence-electron chi connectivity index (χ2n) is 5.88. The van der Waals surface area contributed by atoms with Crippen LogP contribution in [0.4, 0.5) is 18.9 Å². The van der Waals surface area contributed by atoms with Crippen LogP contribution in [0.3, 0.4) is 0 Å². The average Bonchev–Trinajstić information content (AvgIpc) is 2.53. The molecule has 2 rings (SSSR count). The molecule has 0 saturated heterocycles. The molecule has 0 aromatic heterocycles. The van der Waals surface area contributed by atoms with Crippen molar-refractivity contribution in [3.8, 4) is 0 Å². The summed E-state index contributed by atoms with van der Waals surface area (Å²) in [6, 6.07) is 15.7. The Bertz CT molecular complexity index is 621. The fourth-order valence-electron chi connectivity index (χ4n) is 2.46. The zero-order valence-electron chi connectivity index (χ0n) is 13.6. The van der Waals surface area contributed by atoms with Crippen molar-refractivity contribution in [2.75, 3.05) is 29.8 Å². The van der Waals surface area contributed by atoms with Gasteiger partial charge in [0.25, 0.3) is 0 Å². The number of anilines is 1. The van der Waals surface area contributed by atoms with Crippen LogP contribution in [0, 0.1) is 0 Å². The van der Waals surface area contributed by atoms with Gasteiger partial charge in [-0.25, -0.2) is 10.0 Å². The summed E-state index contributed by atoms with van der Waals surface area (Å²) in [4.78, 5) is 3.44. The normalized spacial score (nSPS) is 13.0. The van der Waals surface area contributed by atoms with E-state index >= 15 is 0 Å². The molecule has 0 aliphatic carbocycles. The maximum atomic E-state index is 12.7. The van der Waals surface area contributed by atoms with E-state index in [1.807, 2.05) is 25.1 Å². The molecule has 23 heavy (non-hydrogen) atoms. The van der Waals surface area contributed by atoms with Gasteiger partial charge < -0.3 is 4.90 Å². The van der Waals surface area contributed by atoms with Crippen LogP contribution in [-0.4, -0.2) is 24.9 Å². The van der Waals surface area contributed by atoms with Crippen LogP contribution < -0.4 is 4.90 Å². The molecule has 126 valence electrons. The van der Waals surface area contributed by atoms with E-state index in [-0.39, 0.29) is 0 Å². The Balaban J connectivity index is 2.20. The Morgan fingerprint density at radius 1 is 0.913 bits per heavy atom. The van der Waals surface area contributed by atoms with Crippen LogP contribution in [0.5, 0.6) is 0 Å². The highest BCUT2D eigenvalue weighted by atomic mass is 32.3. The summed E-state index contributed by atoms with van der Waals surface area (Å²) in [6.45, 7) is 2.78. The fourth-order valence-corrected chi connectivity index (χ4v) is 4.62. The molecule has 0 amide bonds. The van der Waals surface area contributed by atoms with Gasteiger partial charge in [-0.1, -0.05) is 30.3 Å². The lowest BCUT2D eigenvalue weighted by Crippen LogP contribution is -2.27. The number of hydrogen-bond donors (Lipinski definition) is 0. The third-order valence-electron chi connectivity index (χ3n) is 3.80. The minimum atomic E-state index is -4.29. The topological polar surface area (TPSA) is 3.24 Å². The van der Waals surface area contributed by atoms with Crippen LogP contribution in [0.2, 0.25) is 0 Å². The van der Waals surface area contributed by atoms with Crippen molar-refractivity contribution >= 4 is 15.7 Å². The molecule has 0 unspecified atom stereocenters. The Labute approximate surface area is 137 Å². The van der Waals surface area contributed by atoms with E-state index in [9.17, 15) is 13.2 Å². The average molecular weight is 341 g/mol. The lowest BCUT2D eigenvalue weighted by molar-refractivity contribution is -0.137. The molecule has 1 nitrogen and oxygen atoms in total. The minimum Gasteiger partial charge on any atom is -0.364 e. The van der Waals surface area contributed by atoms with Gasteiger partial charge in [-0.2, -0.15) is 13.2 Å². The van der Waals surface area contributed by atoms with Crippen LogP contribution >= 0.6 is 10.0 Å². The van der Waals surface area contributed by atoms with E-state index in [0.29, 0.717) is 0 Å². The number of benzene rings is 2. The molecule has 0 N–H and O–H groups in total. The van der Waals surface area contributed by atoms with Crippen LogP contribution in [0.15, 0.2) is 59.5 Å². The molecule has 0 aliphatic rings. The summed E-state index contributed by atoms with van der Waals surface area (Å²) in [5.74, 6) is 0.818. The van der Waals surface area contributed by atoms with Gasteiger partial charge >= 0.3 is 6.18 Å². The molecule has 0 heterocycles. The summed E-state index contributed by atoms with van der Waals surface area (Å²) < 4.78 is 38.1. The van der Waals surface area contributed by atoms with Gasteiger partial charge in [0.15, 0.2) is 0 Å². The largest absolute Gasteiger partial charge is 0.416 e. The van der Waals surface area contributed by atoms with E-state index in [0.717, 1.165) is 30.2 Å². The third kappa shape index (κ3) is 4.44. The Morgan fingerprint density at radius 2 is 1.48 bits per heavy atom. The number of rotatable bonds is 5. The van der Waals surface area contributed by atoms with Crippen molar-refractivity contribution in [1.82, 2.24) is 0 Å². The minimum absolute atomic E-state index is 0.605. The molecule has 0 fully saturated rings. The second-order valence-corrected chi connectivity index (χ2v) is 9.69. The van der Waals surface area contributed by atoms with Crippen molar-refractivity contribution in [2.45, 2.75) is 18.0 Å². The first-order valence-corrected chi connectivity index (χ1v) is 10.0. The van der Waals surface area contributed by atoms with Crippen molar-refractivity contribution in [3.05, 3.63) is 60.2 Å². The molecular formula is C18H22F3NS. The van der Waals surface area contributed by atoms with Crippen LogP contribution in [0.25, 0.3) is 0 Å². The zero-order valence-corrected chi connectivity index (χ0v) is 14.4. The molecule has 0 atom stereocenters. The molecule has 2 aromatic carbocycles. The molecule has 0 spiro atoms. The zero-order chi connectivity index (χ0) is 17.1. The lowest BCUT2D eigenvalue weighted by atomic mass is 10.2. The maximum Gasteiger partial charge on any atom is 0.416 e. The molecule has 0 bridgehead atoms. The van der Waals surface area contributed by atoms with Crippen LogP contribution in [-0.2, 0) is 6.18 Å². The van der Waals surface area contributed by atoms with Gasteiger partial charge in [0, 0.05) is 12.2 Å². The maximum absolute atomic E-state index is 12.7. The molecule has 0 saturated carbocycles. The van der Waals surface area contributed by atoms with Crippen molar-refractivity contribution < 1.29 is 13.2 Å². The molecule has 2 aromatic rings. The number of halogens is 3. The standard InChI is InChI=1S/C18H22F3NS/c1-4-22(14-23(2,3)17-8-6-5-7-9-17)16-12-10-15(11-13-16)18(19,20)21/h5-13H,4,14H2,1-3H3. The quantitative estimate of drug-likeness (QED) is 0.683. The number of nitrogens with zero attached hydrogens (tertiary/aromatic N) is 1. The van der Waals surface area contributed by atoms with Crippen LogP contribution in [0.1, 0.15) is 12.5 Å². The van der Waals surface area contributed by atoms with Crippen molar-refractivity contribution in [1.29, 1.82) is 0 Å². The van der Waals surface area contributed by atoms with Gasteiger partial charge in [0.05, 0.1) is 11.4 Å². The Kier molecular flexibility index (Phi) is 5.30. The fraction of sp³-hybridized carbons (Fsp3) is 0.333. The van der Waals surface area contributed by atoms with Gasteiger partial charge in [-0.3, -0.25) is 0 Å². The Hall–Kier alpha value is -1.62. The van der Waals surface area contributed by atoms with Gasteiger partial charge in [0.1, 0.15) is 0 Å². The molecule has 0 radical (unpaired) electrons. The highest BCUT2D eigenvalue weighted by Crippen LogP contribution is 2.49. The Morgan fingerprint density at radius 3 is 1.96 bits per heavy atom. The highest BCUT2D eigenvalue weighted by Gasteiger charge is 2.30. The summed E-state index contributed by atoms with van der Waals surface area (Å²) >= 11 is 0. The smallest absolute Gasteiger partial charge is 0.364 e. The number of alkyl halides is 3. The lowest BCUT2D eigenvalue weighted by Gasteiger charge is -2.38. The summed E-state index contributed by atoms with van der Waals surface area (Å²) in [7, 11) is -1.05. The predicted octanol–water partition coefficient (Wildman–Crippen LogP) is 5.61. The van der Waals surface area contributed by atoms with Gasteiger partial charge in [0.2, 0.25) is 0 Å². The SMILES string of the molecule is CCN(CS(C)(C)c1ccccc1)c1ccc(C(F)(F)F)cc1. The summed E-state index contributed by atoms with van der Waals surface area (Å²) in [6.07, 6.45) is 0.175. The molecule has 5 heteroatoms. The first-order valence-electron chi connectivity index (χ1n) is 7.42. The summed E-state index contributed by atoms with van der Waals surface area (Å²) in [5.41, 5.74) is 0.226. The molecular weight excluding hydrogens is 319 g/mol. The van der Waals surface area contributed by atoms with Gasteiger partial charge in [-0.15, -0.1) is 0 Å². The summed E-state index contributed by atoms with van der Waals surface area (Å²) in [5, 5.41) is 0. The van der Waals surface area contributed by atoms with E-state index in [2.05, 4.69) is 29.5 Å². The third-order valence-corrected chi connectivity index (χ3v) is 6.31. The van der Waals surface area contributed by atoms with Gasteiger partial charge in [-0.05, 0) is 48.6 Å². The first kappa shape index (κ1) is 17.7. The van der Waals surface area contributed by atoms with E-state index in [4.69, 9.17) is 0 Å².